The van der Waals surface area contributed by atoms with Crippen molar-refractivity contribution in [1.82, 2.24) is 0 Å². The Balaban J connectivity index is 1.81. The summed E-state index contributed by atoms with van der Waals surface area (Å²) in [6, 6.07) is 11.2. The molecular weight excluding hydrogens is 302 g/mol. The van der Waals surface area contributed by atoms with E-state index < -0.39 is 0 Å². The Morgan fingerprint density at radius 3 is 3.00 bits per heavy atom. The Hall–Kier alpha value is -2.04. The van der Waals surface area contributed by atoms with E-state index in [0.29, 0.717) is 23.7 Å². The number of Topliss-reactive ketones (excluding diaryl/α,β-unsaturated/α-hetero) is 1. The van der Waals surface area contributed by atoms with E-state index in [4.69, 9.17) is 21.1 Å². The van der Waals surface area contributed by atoms with Gasteiger partial charge in [0.05, 0.1) is 6.61 Å². The highest BCUT2D eigenvalue weighted by molar-refractivity contribution is 6.30. The van der Waals surface area contributed by atoms with Gasteiger partial charge in [0.1, 0.15) is 5.75 Å². The fourth-order valence-corrected chi connectivity index (χ4v) is 2.70. The third-order valence-corrected chi connectivity index (χ3v) is 3.72. The minimum Gasteiger partial charge on any atom is -0.467 e. The maximum atomic E-state index is 11.4. The van der Waals surface area contributed by atoms with E-state index in [0.717, 1.165) is 22.6 Å². The minimum atomic E-state index is 0.0456. The molecule has 114 valence electrons. The van der Waals surface area contributed by atoms with Gasteiger partial charge in [-0.1, -0.05) is 23.7 Å². The van der Waals surface area contributed by atoms with Gasteiger partial charge in [-0.15, -0.1) is 0 Å². The van der Waals surface area contributed by atoms with Crippen LogP contribution in [0.1, 0.15) is 28.4 Å². The molecule has 4 nitrogen and oxygen atoms in total. The number of nitrogens with one attached hydrogen (secondary N) is 1. The summed E-state index contributed by atoms with van der Waals surface area (Å²) in [6.07, 6.45) is 0. The largest absolute Gasteiger partial charge is 0.467 e. The topological polar surface area (TPSA) is 47.6 Å². The highest BCUT2D eigenvalue weighted by Crippen LogP contribution is 2.32. The molecule has 0 amide bonds. The highest BCUT2D eigenvalue weighted by atomic mass is 35.5. The summed E-state index contributed by atoms with van der Waals surface area (Å²) in [5, 5.41) is 3.96. The van der Waals surface area contributed by atoms with Crippen molar-refractivity contribution >= 4 is 23.1 Å². The van der Waals surface area contributed by atoms with Gasteiger partial charge in [0.25, 0.3) is 0 Å². The molecule has 2 aromatic carbocycles. The van der Waals surface area contributed by atoms with Gasteiger partial charge in [-0.3, -0.25) is 4.79 Å². The number of ketones is 1. The minimum absolute atomic E-state index is 0.0456. The number of rotatable bonds is 4. The molecule has 0 saturated carbocycles. The summed E-state index contributed by atoms with van der Waals surface area (Å²) in [4.78, 5) is 11.4. The van der Waals surface area contributed by atoms with Crippen molar-refractivity contribution in [2.45, 2.75) is 20.1 Å². The molecule has 0 bridgehead atoms. The first-order chi connectivity index (χ1) is 10.6. The molecule has 0 aromatic heterocycles. The van der Waals surface area contributed by atoms with Gasteiger partial charge < -0.3 is 14.8 Å². The third-order valence-electron chi connectivity index (χ3n) is 3.50. The number of halogens is 1. The van der Waals surface area contributed by atoms with Gasteiger partial charge in [0, 0.05) is 33.9 Å². The number of fused-ring (bicyclic) bond motifs is 1. The first kappa shape index (κ1) is 14.9. The zero-order valence-electron chi connectivity index (χ0n) is 12.2. The van der Waals surface area contributed by atoms with Crippen LogP contribution in [0.25, 0.3) is 0 Å². The molecule has 3 rings (SSSR count). The van der Waals surface area contributed by atoms with E-state index in [1.165, 1.54) is 0 Å². The number of ether oxygens (including phenoxy) is 2. The van der Waals surface area contributed by atoms with Crippen LogP contribution in [0.3, 0.4) is 0 Å². The van der Waals surface area contributed by atoms with Gasteiger partial charge in [0.2, 0.25) is 0 Å². The summed E-state index contributed by atoms with van der Waals surface area (Å²) in [7, 11) is 0. The number of carbonyl (C=O) groups excluding carboxylic acids is 1. The molecular formula is C17H16ClNO3. The normalized spacial score (nSPS) is 13.2. The van der Waals surface area contributed by atoms with Crippen molar-refractivity contribution in [3.8, 4) is 5.75 Å². The summed E-state index contributed by atoms with van der Waals surface area (Å²) < 4.78 is 10.9. The molecule has 0 fully saturated rings. The second kappa shape index (κ2) is 6.38. The van der Waals surface area contributed by atoms with Crippen molar-refractivity contribution in [3.63, 3.8) is 0 Å². The van der Waals surface area contributed by atoms with E-state index in [-0.39, 0.29) is 12.6 Å². The average Bonchev–Trinajstić information content (AvgIpc) is 2.52. The van der Waals surface area contributed by atoms with Gasteiger partial charge in [-0.05, 0) is 31.2 Å². The Labute approximate surface area is 134 Å². The molecule has 0 radical (unpaired) electrons. The van der Waals surface area contributed by atoms with Crippen LogP contribution < -0.4 is 10.1 Å². The molecule has 1 aliphatic rings. The molecule has 5 heteroatoms. The predicted molar refractivity (Wildman–Crippen MR) is 85.5 cm³/mol. The molecule has 22 heavy (non-hydrogen) atoms. The fourth-order valence-electron chi connectivity index (χ4n) is 2.43. The van der Waals surface area contributed by atoms with Crippen LogP contribution in [0.15, 0.2) is 36.4 Å². The van der Waals surface area contributed by atoms with Crippen molar-refractivity contribution in [1.29, 1.82) is 0 Å². The number of carbonyl (C=O) groups is 1. The van der Waals surface area contributed by atoms with E-state index >= 15 is 0 Å². The Kier molecular flexibility index (Phi) is 4.32. The van der Waals surface area contributed by atoms with Crippen LogP contribution in [0.2, 0.25) is 5.02 Å². The highest BCUT2D eigenvalue weighted by Gasteiger charge is 2.16. The van der Waals surface area contributed by atoms with Crippen LogP contribution in [0, 0.1) is 0 Å². The quantitative estimate of drug-likeness (QED) is 0.865. The van der Waals surface area contributed by atoms with Crippen LogP contribution in [0.4, 0.5) is 5.69 Å². The summed E-state index contributed by atoms with van der Waals surface area (Å²) >= 11 is 6.15. The van der Waals surface area contributed by atoms with E-state index in [1.807, 2.05) is 30.3 Å². The standard InChI is InChI=1S/C17H16ClNO3/c1-11(20)12-3-2-4-16(7-12)19-8-13-5-15(18)6-14-9-21-10-22-17(13)14/h2-7,19H,8-10H2,1H3. The first-order valence-electron chi connectivity index (χ1n) is 7.00. The summed E-state index contributed by atoms with van der Waals surface area (Å²) in [6.45, 7) is 2.87. The lowest BCUT2D eigenvalue weighted by Gasteiger charge is -2.21. The van der Waals surface area contributed by atoms with Crippen LogP contribution in [-0.4, -0.2) is 12.6 Å². The Morgan fingerprint density at radius 1 is 1.32 bits per heavy atom. The second-order valence-electron chi connectivity index (χ2n) is 5.15. The third kappa shape index (κ3) is 3.24. The Morgan fingerprint density at radius 2 is 2.18 bits per heavy atom. The smallest absolute Gasteiger partial charge is 0.189 e. The lowest BCUT2D eigenvalue weighted by Crippen LogP contribution is -2.14. The number of anilines is 1. The van der Waals surface area contributed by atoms with Gasteiger partial charge in [0.15, 0.2) is 12.6 Å². The second-order valence-corrected chi connectivity index (χ2v) is 5.59. The van der Waals surface area contributed by atoms with Crippen molar-refractivity contribution in [3.05, 3.63) is 58.1 Å². The molecule has 0 atom stereocenters. The zero-order valence-corrected chi connectivity index (χ0v) is 12.9. The summed E-state index contributed by atoms with van der Waals surface area (Å²) in [5.74, 6) is 0.870. The zero-order chi connectivity index (χ0) is 15.5. The van der Waals surface area contributed by atoms with Crippen molar-refractivity contribution in [2.75, 3.05) is 12.1 Å². The molecule has 0 aliphatic carbocycles. The van der Waals surface area contributed by atoms with Gasteiger partial charge in [-0.25, -0.2) is 0 Å². The van der Waals surface area contributed by atoms with Gasteiger partial charge >= 0.3 is 0 Å². The van der Waals surface area contributed by atoms with Crippen molar-refractivity contribution < 1.29 is 14.3 Å². The molecule has 2 aromatic rings. The molecule has 0 saturated heterocycles. The number of hydrogen-bond acceptors (Lipinski definition) is 4. The first-order valence-corrected chi connectivity index (χ1v) is 7.38. The number of benzene rings is 2. The number of hydrogen-bond donors (Lipinski definition) is 1. The summed E-state index contributed by atoms with van der Waals surface area (Å²) in [5.41, 5.74) is 3.49. The lowest BCUT2D eigenvalue weighted by atomic mass is 10.1. The van der Waals surface area contributed by atoms with E-state index in [9.17, 15) is 4.79 Å². The SMILES string of the molecule is CC(=O)c1cccc(NCc2cc(Cl)cc3c2OCOC3)c1. The molecule has 1 heterocycles. The fraction of sp³-hybridized carbons (Fsp3) is 0.235. The maximum absolute atomic E-state index is 11.4. The van der Waals surface area contributed by atoms with E-state index in [1.54, 1.807) is 13.0 Å². The molecule has 1 aliphatic heterocycles. The lowest BCUT2D eigenvalue weighted by molar-refractivity contribution is -0.0169. The molecule has 0 unspecified atom stereocenters. The van der Waals surface area contributed by atoms with E-state index in [2.05, 4.69) is 5.32 Å². The molecule has 0 spiro atoms. The average molecular weight is 318 g/mol. The predicted octanol–water partition coefficient (Wildman–Crippen LogP) is 4.02. The monoisotopic (exact) mass is 317 g/mol. The molecule has 1 N–H and O–H groups in total. The van der Waals surface area contributed by atoms with Crippen LogP contribution in [-0.2, 0) is 17.9 Å². The van der Waals surface area contributed by atoms with Crippen LogP contribution in [0.5, 0.6) is 5.75 Å². The van der Waals surface area contributed by atoms with Crippen LogP contribution >= 0.6 is 11.6 Å². The Bertz CT molecular complexity index is 715. The van der Waals surface area contributed by atoms with Gasteiger partial charge in [-0.2, -0.15) is 0 Å². The maximum Gasteiger partial charge on any atom is 0.189 e. The van der Waals surface area contributed by atoms with Crippen molar-refractivity contribution in [2.24, 2.45) is 0 Å².